The first-order valence-electron chi connectivity index (χ1n) is 7.02. The molecule has 1 atom stereocenters. The van der Waals surface area contributed by atoms with E-state index in [-0.39, 0.29) is 23.8 Å². The lowest BCUT2D eigenvalue weighted by molar-refractivity contribution is -0.139. The summed E-state index contributed by atoms with van der Waals surface area (Å²) in [6.07, 6.45) is -0.0709. The van der Waals surface area contributed by atoms with Crippen molar-refractivity contribution in [2.45, 2.75) is 12.3 Å². The largest absolute Gasteiger partial charge is 0.469 e. The van der Waals surface area contributed by atoms with E-state index >= 15 is 0 Å². The summed E-state index contributed by atoms with van der Waals surface area (Å²) >= 11 is 0. The first kappa shape index (κ1) is 15.6. The zero-order valence-electron chi connectivity index (χ0n) is 12.7. The maximum absolute atomic E-state index is 13.2. The minimum absolute atomic E-state index is 0.0709. The Labute approximate surface area is 136 Å². The van der Waals surface area contributed by atoms with E-state index in [9.17, 15) is 14.4 Å². The van der Waals surface area contributed by atoms with E-state index in [1.165, 1.54) is 19.2 Å². The maximum atomic E-state index is 13.2. The number of nitriles is 1. The average molecular weight is 328 g/mol. The quantitative estimate of drug-likeness (QED) is 0.825. The van der Waals surface area contributed by atoms with Gasteiger partial charge < -0.3 is 15.2 Å². The molecule has 7 nitrogen and oxygen atoms in total. The summed E-state index contributed by atoms with van der Waals surface area (Å²) < 4.78 is 23.3. The topological polar surface area (TPSA) is 114 Å². The van der Waals surface area contributed by atoms with Crippen molar-refractivity contribution in [3.05, 3.63) is 58.4 Å². The van der Waals surface area contributed by atoms with Crippen LogP contribution < -0.4 is 10.5 Å². The van der Waals surface area contributed by atoms with Gasteiger partial charge in [0, 0.05) is 0 Å². The number of aromatic nitrogens is 2. The van der Waals surface area contributed by atoms with Gasteiger partial charge in [-0.3, -0.25) is 9.89 Å². The number of ether oxygens (including phenoxy) is 2. The van der Waals surface area contributed by atoms with Crippen LogP contribution in [-0.2, 0) is 16.0 Å². The number of halogens is 1. The molecular formula is C16H13FN4O3. The summed E-state index contributed by atoms with van der Waals surface area (Å²) in [4.78, 5) is 11.6. The molecular weight excluding hydrogens is 315 g/mol. The smallest absolute Gasteiger partial charge is 0.311 e. The molecule has 0 saturated heterocycles. The van der Waals surface area contributed by atoms with Crippen LogP contribution in [0.15, 0.2) is 35.7 Å². The van der Waals surface area contributed by atoms with Crippen LogP contribution in [-0.4, -0.2) is 23.3 Å². The van der Waals surface area contributed by atoms with Gasteiger partial charge in [0.1, 0.15) is 17.5 Å². The van der Waals surface area contributed by atoms with E-state index in [1.54, 1.807) is 12.1 Å². The molecule has 3 rings (SSSR count). The van der Waals surface area contributed by atoms with Crippen LogP contribution in [0.2, 0.25) is 0 Å². The van der Waals surface area contributed by atoms with Gasteiger partial charge in [-0.05, 0) is 17.7 Å². The first-order valence-corrected chi connectivity index (χ1v) is 7.02. The number of carbonyl (C=O) groups excluding carboxylic acids is 1. The summed E-state index contributed by atoms with van der Waals surface area (Å²) in [6.45, 7) is 0. The van der Waals surface area contributed by atoms with Crippen molar-refractivity contribution >= 4 is 5.97 Å². The second-order valence-electron chi connectivity index (χ2n) is 5.15. The van der Waals surface area contributed by atoms with Crippen LogP contribution in [0.25, 0.3) is 0 Å². The first-order chi connectivity index (χ1) is 11.5. The summed E-state index contributed by atoms with van der Waals surface area (Å²) in [6, 6.07) is 7.70. The molecule has 0 fully saturated rings. The van der Waals surface area contributed by atoms with Gasteiger partial charge in [-0.1, -0.05) is 12.1 Å². The fraction of sp³-hybridized carbons (Fsp3) is 0.188. The number of benzene rings is 1. The predicted octanol–water partition coefficient (Wildman–Crippen LogP) is 1.48. The highest BCUT2D eigenvalue weighted by Crippen LogP contribution is 2.42. The van der Waals surface area contributed by atoms with E-state index in [4.69, 9.17) is 10.5 Å². The molecule has 0 unspecified atom stereocenters. The Balaban J connectivity index is 2.15. The molecule has 2 aromatic rings. The third-order valence-electron chi connectivity index (χ3n) is 3.77. The Morgan fingerprint density at radius 1 is 1.50 bits per heavy atom. The van der Waals surface area contributed by atoms with Gasteiger partial charge >= 0.3 is 5.97 Å². The molecule has 0 bridgehead atoms. The molecule has 1 aliphatic rings. The van der Waals surface area contributed by atoms with E-state index in [0.717, 1.165) is 0 Å². The zero-order valence-corrected chi connectivity index (χ0v) is 12.7. The lowest BCUT2D eigenvalue weighted by Crippen LogP contribution is -2.21. The molecule has 2 heterocycles. The van der Waals surface area contributed by atoms with Crippen molar-refractivity contribution in [2.75, 3.05) is 7.11 Å². The number of aromatic amines is 1. The zero-order chi connectivity index (χ0) is 17.3. The monoisotopic (exact) mass is 328 g/mol. The van der Waals surface area contributed by atoms with Crippen LogP contribution in [0, 0.1) is 17.1 Å². The number of esters is 1. The SMILES string of the molecule is COC(=O)Cc1[nH]nc2c1[C@H](c1ccc(F)cc1)C(C#N)=C(N)O2. The molecule has 1 aliphatic heterocycles. The lowest BCUT2D eigenvalue weighted by Gasteiger charge is -2.23. The number of nitrogens with two attached hydrogens (primary N) is 1. The Bertz CT molecular complexity index is 864. The molecule has 3 N–H and O–H groups in total. The number of carbonyl (C=O) groups is 1. The van der Waals surface area contributed by atoms with Gasteiger partial charge in [0.2, 0.25) is 11.8 Å². The summed E-state index contributed by atoms with van der Waals surface area (Å²) in [7, 11) is 1.28. The van der Waals surface area contributed by atoms with Crippen LogP contribution in [0.1, 0.15) is 22.7 Å². The second kappa shape index (κ2) is 6.04. The van der Waals surface area contributed by atoms with Crippen LogP contribution in [0.5, 0.6) is 5.88 Å². The Morgan fingerprint density at radius 2 is 2.21 bits per heavy atom. The number of methoxy groups -OCH3 is 1. The van der Waals surface area contributed by atoms with Crippen LogP contribution >= 0.6 is 0 Å². The van der Waals surface area contributed by atoms with Crippen molar-refractivity contribution in [1.29, 1.82) is 5.26 Å². The standard InChI is InChI=1S/C16H13FN4O3/c1-23-12(22)6-11-14-13(8-2-4-9(17)5-3-8)10(7-18)15(19)24-16(14)21-20-11/h2-5,13H,6,19H2,1H3,(H,20,21)/t13-/m1/s1. The van der Waals surface area contributed by atoms with Crippen LogP contribution in [0.3, 0.4) is 0 Å². The number of hydrogen-bond acceptors (Lipinski definition) is 6. The molecule has 0 spiro atoms. The Morgan fingerprint density at radius 3 is 2.83 bits per heavy atom. The van der Waals surface area contributed by atoms with E-state index in [0.29, 0.717) is 16.8 Å². The van der Waals surface area contributed by atoms with E-state index < -0.39 is 17.7 Å². The predicted molar refractivity (Wildman–Crippen MR) is 80.0 cm³/mol. The van der Waals surface area contributed by atoms with Gasteiger partial charge in [0.25, 0.3) is 0 Å². The van der Waals surface area contributed by atoms with Crippen molar-refractivity contribution in [3.63, 3.8) is 0 Å². The van der Waals surface area contributed by atoms with Crippen molar-refractivity contribution in [1.82, 2.24) is 10.2 Å². The third kappa shape index (κ3) is 2.56. The Hall–Kier alpha value is -3.34. The third-order valence-corrected chi connectivity index (χ3v) is 3.77. The maximum Gasteiger partial charge on any atom is 0.311 e. The van der Waals surface area contributed by atoms with Crippen LogP contribution in [0.4, 0.5) is 4.39 Å². The number of allylic oxidation sites excluding steroid dienone is 1. The second-order valence-corrected chi connectivity index (χ2v) is 5.15. The normalized spacial score (nSPS) is 16.1. The average Bonchev–Trinajstić information content (AvgIpc) is 2.96. The minimum Gasteiger partial charge on any atom is -0.469 e. The van der Waals surface area contributed by atoms with Crippen molar-refractivity contribution in [2.24, 2.45) is 5.73 Å². The summed E-state index contributed by atoms with van der Waals surface area (Å²) in [5, 5.41) is 16.2. The minimum atomic E-state index is -0.613. The fourth-order valence-electron chi connectivity index (χ4n) is 2.65. The molecule has 8 heteroatoms. The molecule has 0 amide bonds. The van der Waals surface area contributed by atoms with Gasteiger partial charge in [0.05, 0.1) is 30.7 Å². The van der Waals surface area contributed by atoms with Gasteiger partial charge in [-0.2, -0.15) is 5.26 Å². The molecule has 0 aliphatic carbocycles. The highest BCUT2D eigenvalue weighted by molar-refractivity contribution is 5.73. The molecule has 0 radical (unpaired) electrons. The number of rotatable bonds is 3. The van der Waals surface area contributed by atoms with E-state index in [1.807, 2.05) is 6.07 Å². The van der Waals surface area contributed by atoms with Crippen molar-refractivity contribution < 1.29 is 18.7 Å². The lowest BCUT2D eigenvalue weighted by atomic mass is 9.83. The summed E-state index contributed by atoms with van der Waals surface area (Å²) in [5.41, 5.74) is 7.58. The number of nitrogens with one attached hydrogen (secondary N) is 1. The molecule has 1 aromatic carbocycles. The Kier molecular flexibility index (Phi) is 3.92. The van der Waals surface area contributed by atoms with Gasteiger partial charge in [-0.25, -0.2) is 4.39 Å². The van der Waals surface area contributed by atoms with Gasteiger partial charge in [0.15, 0.2) is 0 Å². The number of fused-ring (bicyclic) bond motifs is 1. The van der Waals surface area contributed by atoms with Crippen molar-refractivity contribution in [3.8, 4) is 11.9 Å². The molecule has 1 aromatic heterocycles. The molecule has 0 saturated carbocycles. The highest BCUT2D eigenvalue weighted by atomic mass is 19.1. The van der Waals surface area contributed by atoms with Gasteiger partial charge in [-0.15, -0.1) is 5.10 Å². The molecule has 122 valence electrons. The summed E-state index contributed by atoms with van der Waals surface area (Å²) in [5.74, 6) is -1.38. The highest BCUT2D eigenvalue weighted by Gasteiger charge is 2.35. The number of H-pyrrole nitrogens is 1. The molecule has 24 heavy (non-hydrogen) atoms. The van der Waals surface area contributed by atoms with E-state index in [2.05, 4.69) is 14.9 Å². The number of nitrogens with zero attached hydrogens (tertiary/aromatic N) is 2. The fourth-order valence-corrected chi connectivity index (χ4v) is 2.65. The number of hydrogen-bond donors (Lipinski definition) is 2.